The van der Waals surface area contributed by atoms with Gasteiger partial charge in [0.2, 0.25) is 6.29 Å². The Labute approximate surface area is 190 Å². The van der Waals surface area contributed by atoms with E-state index in [1.165, 1.54) is 25.1 Å². The minimum Gasteiger partial charge on any atom is -0.327 e. The zero-order valence-electron chi connectivity index (χ0n) is 17.6. The van der Waals surface area contributed by atoms with Crippen LogP contribution in [0.4, 0.5) is 30.4 Å². The van der Waals surface area contributed by atoms with Crippen molar-refractivity contribution in [3.8, 4) is 0 Å². The summed E-state index contributed by atoms with van der Waals surface area (Å²) in [6, 6.07) is 6.36. The number of hydroxylamine groups is 1. The molecule has 2 aromatic rings. The molecule has 0 amide bonds. The lowest BCUT2D eigenvalue weighted by Crippen LogP contribution is -2.60. The average molecular weight is 489 g/mol. The molecule has 3 heterocycles. The van der Waals surface area contributed by atoms with Crippen molar-refractivity contribution in [1.29, 1.82) is 0 Å². The third kappa shape index (κ3) is 3.96. The molecule has 1 aromatic heterocycles. The third-order valence-corrected chi connectivity index (χ3v) is 5.71. The van der Waals surface area contributed by atoms with Crippen molar-refractivity contribution in [3.05, 3.63) is 50.1 Å². The maximum atomic E-state index is 13.2. The van der Waals surface area contributed by atoms with Crippen molar-refractivity contribution in [2.45, 2.75) is 12.5 Å². The first-order valence-corrected chi connectivity index (χ1v) is 10.3. The van der Waals surface area contributed by atoms with Crippen LogP contribution in [-0.2, 0) is 23.7 Å². The van der Waals surface area contributed by atoms with Gasteiger partial charge in [-0.15, -0.1) is 5.06 Å². The van der Waals surface area contributed by atoms with E-state index in [-0.39, 0.29) is 11.5 Å². The van der Waals surface area contributed by atoms with Crippen LogP contribution in [0, 0.1) is 0 Å². The number of carbonyl (C=O) groups excluding carboxylic acids is 1. The van der Waals surface area contributed by atoms with E-state index in [9.17, 15) is 27.6 Å². The number of aromatic nitrogens is 2. The largest absolute Gasteiger partial charge is 0.493 e. The molecule has 1 saturated heterocycles. The second kappa shape index (κ2) is 8.39. The predicted molar refractivity (Wildman–Crippen MR) is 113 cm³/mol. The van der Waals surface area contributed by atoms with Gasteiger partial charge >= 0.3 is 17.8 Å². The van der Waals surface area contributed by atoms with Crippen LogP contribution in [0.3, 0.4) is 0 Å². The summed E-state index contributed by atoms with van der Waals surface area (Å²) >= 11 is 6.16. The van der Waals surface area contributed by atoms with Crippen molar-refractivity contribution in [2.24, 2.45) is 14.1 Å². The summed E-state index contributed by atoms with van der Waals surface area (Å²) in [6.45, 7) is 1.75. The van der Waals surface area contributed by atoms with E-state index in [2.05, 4.69) is 5.32 Å². The number of hydrogen-bond donors (Lipinski definition) is 1. The number of alkyl halides is 3. The Morgan fingerprint density at radius 3 is 2.42 bits per heavy atom. The molecule has 178 valence electrons. The second-order valence-electron chi connectivity index (χ2n) is 7.56. The first-order valence-electron chi connectivity index (χ1n) is 9.90. The maximum Gasteiger partial charge on any atom is 0.493 e. The molecule has 2 aliphatic rings. The van der Waals surface area contributed by atoms with Gasteiger partial charge < -0.3 is 10.2 Å². The van der Waals surface area contributed by atoms with Gasteiger partial charge in [-0.2, -0.15) is 13.2 Å². The van der Waals surface area contributed by atoms with Crippen molar-refractivity contribution in [1.82, 2.24) is 19.4 Å². The van der Waals surface area contributed by atoms with Crippen LogP contribution in [0.25, 0.3) is 0 Å². The van der Waals surface area contributed by atoms with E-state index in [1.807, 2.05) is 0 Å². The Morgan fingerprint density at radius 2 is 1.82 bits per heavy atom. The second-order valence-corrected chi connectivity index (χ2v) is 8.00. The summed E-state index contributed by atoms with van der Waals surface area (Å²) in [7, 11) is 2.54. The minimum atomic E-state index is -5.30. The van der Waals surface area contributed by atoms with Gasteiger partial charge in [-0.1, -0.05) is 17.7 Å². The van der Waals surface area contributed by atoms with E-state index in [0.29, 0.717) is 42.0 Å². The van der Waals surface area contributed by atoms with Crippen molar-refractivity contribution in [2.75, 3.05) is 36.1 Å². The fraction of sp³-hybridized carbons (Fsp3) is 0.421. The molecule has 0 saturated carbocycles. The van der Waals surface area contributed by atoms with Gasteiger partial charge in [-0.05, 0) is 18.2 Å². The molecule has 0 aliphatic carbocycles. The number of anilines is 3. The lowest BCUT2D eigenvalue weighted by Gasteiger charge is -2.40. The van der Waals surface area contributed by atoms with Crippen LogP contribution in [0.2, 0.25) is 5.02 Å². The van der Waals surface area contributed by atoms with Crippen molar-refractivity contribution >= 4 is 34.8 Å². The standard InChI is InChI=1S/C19H20ClF3N6O4/c1-25-14-13(15(30)26(2)18(25)32)28(12-5-3-4-11(20)10-12)17(27-8-6-24-7-9-27)29(14)33-16(31)19(21,22)23/h3-5,10,17,24H,6-9H2,1-2H3. The van der Waals surface area contributed by atoms with Crippen molar-refractivity contribution < 1.29 is 22.8 Å². The number of nitrogens with zero attached hydrogens (tertiary/aromatic N) is 5. The Balaban J connectivity index is 1.99. The molecule has 2 aliphatic heterocycles. The lowest BCUT2D eigenvalue weighted by atomic mass is 10.2. The van der Waals surface area contributed by atoms with Crippen LogP contribution in [-0.4, -0.2) is 58.6 Å². The van der Waals surface area contributed by atoms with Gasteiger partial charge in [0, 0.05) is 51.0 Å². The molecule has 1 aromatic carbocycles. The van der Waals surface area contributed by atoms with E-state index in [4.69, 9.17) is 16.4 Å². The predicted octanol–water partition coefficient (Wildman–Crippen LogP) is 0.905. The van der Waals surface area contributed by atoms with E-state index in [1.54, 1.807) is 23.1 Å². The van der Waals surface area contributed by atoms with Gasteiger partial charge in [0.15, 0.2) is 11.5 Å². The fourth-order valence-corrected chi connectivity index (χ4v) is 4.14. The minimum absolute atomic E-state index is 0.125. The van der Waals surface area contributed by atoms with Crippen LogP contribution < -0.4 is 26.5 Å². The van der Waals surface area contributed by atoms with Gasteiger partial charge in [0.25, 0.3) is 5.56 Å². The first kappa shape index (κ1) is 23.1. The molecule has 1 fully saturated rings. The molecule has 0 radical (unpaired) electrons. The highest BCUT2D eigenvalue weighted by atomic mass is 35.5. The molecular weight excluding hydrogens is 469 g/mol. The van der Waals surface area contributed by atoms with Crippen LogP contribution in [0.15, 0.2) is 33.9 Å². The molecular formula is C19H20ClF3N6O4. The molecule has 4 rings (SSSR count). The highest BCUT2D eigenvalue weighted by molar-refractivity contribution is 6.30. The van der Waals surface area contributed by atoms with E-state index in [0.717, 1.165) is 9.13 Å². The number of rotatable bonds is 3. The molecule has 0 spiro atoms. The van der Waals surface area contributed by atoms with Crippen LogP contribution in [0.5, 0.6) is 0 Å². The smallest absolute Gasteiger partial charge is 0.327 e. The number of benzene rings is 1. The first-order chi connectivity index (χ1) is 15.5. The molecule has 10 nitrogen and oxygen atoms in total. The fourth-order valence-electron chi connectivity index (χ4n) is 3.95. The highest BCUT2D eigenvalue weighted by Crippen LogP contribution is 2.43. The SMILES string of the molecule is Cn1c2c(c(=O)n(C)c1=O)N(c1cccc(Cl)c1)C(N1CCNCC1)N2OC(=O)C(F)(F)F. The van der Waals surface area contributed by atoms with Crippen LogP contribution >= 0.6 is 11.6 Å². The zero-order valence-corrected chi connectivity index (χ0v) is 18.4. The van der Waals surface area contributed by atoms with E-state index >= 15 is 0 Å². The number of carbonyl (C=O) groups is 1. The maximum absolute atomic E-state index is 13.2. The number of hydrogen-bond acceptors (Lipinski definition) is 8. The Hall–Kier alpha value is -3.03. The molecule has 1 unspecified atom stereocenters. The van der Waals surface area contributed by atoms with Crippen LogP contribution in [0.1, 0.15) is 0 Å². The summed E-state index contributed by atoms with van der Waals surface area (Å²) in [4.78, 5) is 45.7. The summed E-state index contributed by atoms with van der Waals surface area (Å²) < 4.78 is 41.3. The molecule has 14 heteroatoms. The quantitative estimate of drug-likeness (QED) is 0.681. The van der Waals surface area contributed by atoms with Crippen molar-refractivity contribution in [3.63, 3.8) is 0 Å². The Bertz CT molecular complexity index is 1210. The van der Waals surface area contributed by atoms with E-state index < -0.39 is 29.7 Å². The number of halogens is 4. The summed E-state index contributed by atoms with van der Waals surface area (Å²) in [6.07, 6.45) is -6.47. The molecule has 1 N–H and O–H groups in total. The van der Waals surface area contributed by atoms with Gasteiger partial charge in [0.05, 0.1) is 0 Å². The van der Waals surface area contributed by atoms with Gasteiger partial charge in [-0.3, -0.25) is 23.7 Å². The van der Waals surface area contributed by atoms with Gasteiger partial charge in [0.1, 0.15) is 0 Å². The number of nitrogens with one attached hydrogen (secondary N) is 1. The Morgan fingerprint density at radius 1 is 1.15 bits per heavy atom. The molecule has 33 heavy (non-hydrogen) atoms. The summed E-state index contributed by atoms with van der Waals surface area (Å²) in [5.74, 6) is -2.75. The third-order valence-electron chi connectivity index (χ3n) is 5.48. The highest BCUT2D eigenvalue weighted by Gasteiger charge is 2.51. The number of fused-ring (bicyclic) bond motifs is 1. The average Bonchev–Trinajstić information content (AvgIpc) is 3.11. The molecule has 1 atom stereocenters. The molecule has 0 bridgehead atoms. The normalized spacial score (nSPS) is 19.0. The summed E-state index contributed by atoms with van der Waals surface area (Å²) in [5.41, 5.74) is -1.31. The monoisotopic (exact) mass is 488 g/mol. The Kier molecular flexibility index (Phi) is 5.88. The number of piperazine rings is 1. The zero-order chi connectivity index (χ0) is 24.1. The topological polar surface area (TPSA) is 92.1 Å². The van der Waals surface area contributed by atoms with Gasteiger partial charge in [-0.25, -0.2) is 9.59 Å². The lowest BCUT2D eigenvalue weighted by molar-refractivity contribution is -0.203. The summed E-state index contributed by atoms with van der Waals surface area (Å²) in [5, 5.41) is 4.14.